The van der Waals surface area contributed by atoms with Crippen LogP contribution in [-0.4, -0.2) is 37.7 Å². The average Bonchev–Trinajstić information content (AvgIpc) is 2.38. The van der Waals surface area contributed by atoms with E-state index in [-0.39, 0.29) is 23.0 Å². The van der Waals surface area contributed by atoms with Crippen molar-refractivity contribution in [1.29, 1.82) is 0 Å². The van der Waals surface area contributed by atoms with Crippen molar-refractivity contribution in [3.05, 3.63) is 48.0 Å². The molecule has 118 valence electrons. The van der Waals surface area contributed by atoms with Gasteiger partial charge in [0, 0.05) is 11.1 Å². The van der Waals surface area contributed by atoms with E-state index in [9.17, 15) is 4.79 Å². The number of unbranched alkanes of at least 4 members (excludes halogenated alkanes) is 1. The SMILES string of the molecule is C=C(C)C(=O)OCCCC[N+](C)(C)Cc1ccccc1.[Br-]. The van der Waals surface area contributed by atoms with E-state index >= 15 is 0 Å². The van der Waals surface area contributed by atoms with Gasteiger partial charge in [-0.3, -0.25) is 0 Å². The van der Waals surface area contributed by atoms with Gasteiger partial charge >= 0.3 is 5.97 Å². The molecule has 0 saturated carbocycles. The normalized spacial score (nSPS) is 10.6. The van der Waals surface area contributed by atoms with Gasteiger partial charge in [-0.05, 0) is 19.8 Å². The molecular weight excluding hydrogens is 330 g/mol. The fourth-order valence-electron chi connectivity index (χ4n) is 2.09. The molecule has 0 aromatic heterocycles. The van der Waals surface area contributed by atoms with E-state index in [2.05, 4.69) is 44.9 Å². The van der Waals surface area contributed by atoms with Gasteiger partial charge in [0.1, 0.15) is 6.54 Å². The highest BCUT2D eigenvalue weighted by molar-refractivity contribution is 5.86. The number of carbonyl (C=O) groups excluding carboxylic acids is 1. The molecule has 0 fully saturated rings. The van der Waals surface area contributed by atoms with Crippen molar-refractivity contribution < 1.29 is 31.0 Å². The first kappa shape index (κ1) is 19.9. The van der Waals surface area contributed by atoms with Crippen LogP contribution in [-0.2, 0) is 16.1 Å². The van der Waals surface area contributed by atoms with Crippen LogP contribution in [0.1, 0.15) is 25.3 Å². The Morgan fingerprint density at radius 3 is 2.38 bits per heavy atom. The van der Waals surface area contributed by atoms with Crippen molar-refractivity contribution in [3.8, 4) is 0 Å². The number of nitrogens with zero attached hydrogens (tertiary/aromatic N) is 1. The minimum Gasteiger partial charge on any atom is -1.00 e. The third-order valence-corrected chi connectivity index (χ3v) is 3.19. The lowest BCUT2D eigenvalue weighted by Gasteiger charge is -2.30. The molecule has 1 aromatic carbocycles. The first-order valence-electron chi connectivity index (χ1n) is 7.09. The van der Waals surface area contributed by atoms with Gasteiger partial charge < -0.3 is 26.2 Å². The molecule has 0 unspecified atom stereocenters. The molecule has 0 radical (unpaired) electrons. The van der Waals surface area contributed by atoms with E-state index in [1.54, 1.807) is 6.92 Å². The summed E-state index contributed by atoms with van der Waals surface area (Å²) in [4.78, 5) is 11.2. The number of halogens is 1. The molecule has 0 bridgehead atoms. The first-order chi connectivity index (χ1) is 9.41. The molecule has 0 saturated heterocycles. The molecule has 4 heteroatoms. The fraction of sp³-hybridized carbons (Fsp3) is 0.471. The maximum absolute atomic E-state index is 11.2. The maximum atomic E-state index is 11.2. The largest absolute Gasteiger partial charge is 1.00 e. The van der Waals surface area contributed by atoms with Crippen LogP contribution in [0.3, 0.4) is 0 Å². The predicted molar refractivity (Wildman–Crippen MR) is 82.1 cm³/mol. The Morgan fingerprint density at radius 1 is 1.19 bits per heavy atom. The van der Waals surface area contributed by atoms with Crippen LogP contribution in [0.2, 0.25) is 0 Å². The van der Waals surface area contributed by atoms with Crippen molar-refractivity contribution in [3.63, 3.8) is 0 Å². The summed E-state index contributed by atoms with van der Waals surface area (Å²) in [6, 6.07) is 10.5. The summed E-state index contributed by atoms with van der Waals surface area (Å²) in [7, 11) is 4.46. The molecule has 0 aliphatic heterocycles. The van der Waals surface area contributed by atoms with Crippen molar-refractivity contribution in [2.75, 3.05) is 27.2 Å². The summed E-state index contributed by atoms with van der Waals surface area (Å²) in [5.41, 5.74) is 1.82. The molecular formula is C17H26BrNO2. The van der Waals surface area contributed by atoms with Crippen LogP contribution in [0.15, 0.2) is 42.5 Å². The summed E-state index contributed by atoms with van der Waals surface area (Å²) in [5.74, 6) is -0.289. The summed E-state index contributed by atoms with van der Waals surface area (Å²) in [6.07, 6.45) is 1.94. The lowest BCUT2D eigenvalue weighted by molar-refractivity contribution is -0.903. The van der Waals surface area contributed by atoms with Crippen LogP contribution < -0.4 is 17.0 Å². The van der Waals surface area contributed by atoms with Crippen molar-refractivity contribution in [2.45, 2.75) is 26.3 Å². The van der Waals surface area contributed by atoms with Crippen LogP contribution in [0.25, 0.3) is 0 Å². The van der Waals surface area contributed by atoms with Crippen molar-refractivity contribution in [2.24, 2.45) is 0 Å². The standard InChI is InChI=1S/C17H26NO2.BrH/c1-15(2)17(19)20-13-9-8-12-18(3,4)14-16-10-6-5-7-11-16;/h5-7,10-11H,1,8-9,12-14H2,2-4H3;1H/q+1;/p-1. The van der Waals surface area contributed by atoms with Gasteiger partial charge in [0.05, 0.1) is 27.2 Å². The maximum Gasteiger partial charge on any atom is 0.333 e. The zero-order chi connectivity index (χ0) is 15.0. The molecule has 21 heavy (non-hydrogen) atoms. The highest BCUT2D eigenvalue weighted by Crippen LogP contribution is 2.10. The lowest BCUT2D eigenvalue weighted by atomic mass is 10.2. The summed E-state index contributed by atoms with van der Waals surface area (Å²) >= 11 is 0. The molecule has 0 spiro atoms. The molecule has 3 nitrogen and oxygen atoms in total. The highest BCUT2D eigenvalue weighted by Gasteiger charge is 2.15. The third kappa shape index (κ3) is 8.68. The number of quaternary nitrogens is 1. The third-order valence-electron chi connectivity index (χ3n) is 3.19. The van der Waals surface area contributed by atoms with Gasteiger partial charge in [0.25, 0.3) is 0 Å². The topological polar surface area (TPSA) is 26.3 Å². The number of rotatable bonds is 8. The molecule has 1 aromatic rings. The second-order valence-corrected chi connectivity index (χ2v) is 5.93. The van der Waals surface area contributed by atoms with Crippen LogP contribution in [0.4, 0.5) is 0 Å². The fourth-order valence-corrected chi connectivity index (χ4v) is 2.09. The quantitative estimate of drug-likeness (QED) is 0.287. The van der Waals surface area contributed by atoms with Crippen LogP contribution in [0, 0.1) is 0 Å². The molecule has 0 aliphatic carbocycles. The summed E-state index contributed by atoms with van der Waals surface area (Å²) in [5, 5.41) is 0. The number of hydrogen-bond donors (Lipinski definition) is 0. The average molecular weight is 356 g/mol. The molecule has 0 N–H and O–H groups in total. The number of carbonyl (C=O) groups is 1. The smallest absolute Gasteiger partial charge is 0.333 e. The minimum atomic E-state index is -0.289. The highest BCUT2D eigenvalue weighted by atomic mass is 79.9. The summed E-state index contributed by atoms with van der Waals surface area (Å²) < 4.78 is 6.03. The van der Waals surface area contributed by atoms with Gasteiger partial charge in [-0.25, -0.2) is 4.79 Å². The Balaban J connectivity index is 0.00000400. The first-order valence-corrected chi connectivity index (χ1v) is 7.09. The van der Waals surface area contributed by atoms with E-state index in [1.165, 1.54) is 5.56 Å². The van der Waals surface area contributed by atoms with E-state index in [4.69, 9.17) is 4.74 Å². The van der Waals surface area contributed by atoms with Gasteiger partial charge in [0.2, 0.25) is 0 Å². The Hall–Kier alpha value is -1.13. The van der Waals surface area contributed by atoms with E-state index < -0.39 is 0 Å². The Morgan fingerprint density at radius 2 is 1.81 bits per heavy atom. The zero-order valence-corrected chi connectivity index (χ0v) is 14.9. The number of benzene rings is 1. The van der Waals surface area contributed by atoms with Gasteiger partial charge in [-0.2, -0.15) is 0 Å². The van der Waals surface area contributed by atoms with Gasteiger partial charge in [-0.15, -0.1) is 0 Å². The Kier molecular flexibility index (Phi) is 9.22. The molecule has 1 rings (SSSR count). The molecule has 0 heterocycles. The number of ether oxygens (including phenoxy) is 1. The zero-order valence-electron chi connectivity index (χ0n) is 13.3. The lowest BCUT2D eigenvalue weighted by Crippen LogP contribution is -3.00. The van der Waals surface area contributed by atoms with Crippen molar-refractivity contribution >= 4 is 5.97 Å². The second kappa shape index (κ2) is 9.74. The summed E-state index contributed by atoms with van der Waals surface area (Å²) in [6.45, 7) is 7.80. The van der Waals surface area contributed by atoms with Crippen molar-refractivity contribution in [1.82, 2.24) is 0 Å². The predicted octanol–water partition coefficient (Wildman–Crippen LogP) is 0.167. The Bertz CT molecular complexity index is 443. The number of hydrogen-bond acceptors (Lipinski definition) is 2. The van der Waals surface area contributed by atoms with Gasteiger partial charge in [-0.1, -0.05) is 36.9 Å². The Labute approximate surface area is 139 Å². The molecule has 0 amide bonds. The number of esters is 1. The van der Waals surface area contributed by atoms with E-state index in [1.807, 2.05) is 6.07 Å². The second-order valence-electron chi connectivity index (χ2n) is 5.93. The van der Waals surface area contributed by atoms with Crippen LogP contribution in [0.5, 0.6) is 0 Å². The molecule has 0 atom stereocenters. The molecule has 0 aliphatic rings. The minimum absolute atomic E-state index is 0. The monoisotopic (exact) mass is 355 g/mol. The van der Waals surface area contributed by atoms with Gasteiger partial charge in [0.15, 0.2) is 0 Å². The van der Waals surface area contributed by atoms with E-state index in [0.29, 0.717) is 12.2 Å². The van der Waals surface area contributed by atoms with E-state index in [0.717, 1.165) is 30.4 Å². The van der Waals surface area contributed by atoms with Crippen LogP contribution >= 0.6 is 0 Å².